The largest absolute Gasteiger partial charge is 0.354 e. The Labute approximate surface area is 157 Å². The Morgan fingerprint density at radius 1 is 0.923 bits per heavy atom. The van der Waals surface area contributed by atoms with Crippen molar-refractivity contribution in [1.29, 1.82) is 0 Å². The molecular formula is C22H30N4. The highest BCUT2D eigenvalue weighted by molar-refractivity contribution is 5.49. The fourth-order valence-electron chi connectivity index (χ4n) is 4.30. The normalized spacial score (nSPS) is 22.5. The Hall–Kier alpha value is -1.91. The molecule has 0 saturated carbocycles. The molecule has 2 aromatic rings. The predicted octanol–water partition coefficient (Wildman–Crippen LogP) is 3.56. The van der Waals surface area contributed by atoms with Gasteiger partial charge in [0.15, 0.2) is 0 Å². The Morgan fingerprint density at radius 2 is 1.73 bits per heavy atom. The molecule has 26 heavy (non-hydrogen) atoms. The van der Waals surface area contributed by atoms with Crippen molar-refractivity contribution >= 4 is 5.82 Å². The van der Waals surface area contributed by atoms with Crippen molar-refractivity contribution in [2.75, 3.05) is 44.7 Å². The van der Waals surface area contributed by atoms with E-state index in [2.05, 4.69) is 64.2 Å². The van der Waals surface area contributed by atoms with Gasteiger partial charge in [-0.2, -0.15) is 0 Å². The van der Waals surface area contributed by atoms with Gasteiger partial charge in [0.1, 0.15) is 5.82 Å². The number of piperidine rings is 1. The summed E-state index contributed by atoms with van der Waals surface area (Å²) in [7, 11) is 2.21. The molecule has 2 saturated heterocycles. The first-order chi connectivity index (χ1) is 12.8. The molecule has 0 unspecified atom stereocenters. The summed E-state index contributed by atoms with van der Waals surface area (Å²) in [5.74, 6) is 1.21. The molecule has 138 valence electrons. The molecule has 0 aliphatic carbocycles. The minimum Gasteiger partial charge on any atom is -0.354 e. The van der Waals surface area contributed by atoms with Crippen LogP contribution in [0.5, 0.6) is 0 Å². The second-order valence-electron chi connectivity index (χ2n) is 7.67. The van der Waals surface area contributed by atoms with Crippen LogP contribution in [0.25, 0.3) is 0 Å². The molecule has 4 rings (SSSR count). The Morgan fingerprint density at radius 3 is 2.54 bits per heavy atom. The molecule has 1 atom stereocenters. The smallest absolute Gasteiger partial charge is 0.133 e. The molecule has 1 aromatic heterocycles. The van der Waals surface area contributed by atoms with Crippen LogP contribution >= 0.6 is 0 Å². The molecule has 2 fully saturated rings. The number of benzene rings is 1. The zero-order valence-corrected chi connectivity index (χ0v) is 15.8. The molecule has 0 bridgehead atoms. The number of likely N-dealkylation sites (tertiary alicyclic amines) is 1. The van der Waals surface area contributed by atoms with Crippen molar-refractivity contribution in [2.45, 2.75) is 31.8 Å². The summed E-state index contributed by atoms with van der Waals surface area (Å²) < 4.78 is 0. The molecule has 2 aliphatic heterocycles. The van der Waals surface area contributed by atoms with Crippen LogP contribution in [-0.2, 0) is 6.54 Å². The van der Waals surface area contributed by atoms with Gasteiger partial charge < -0.3 is 9.80 Å². The minimum atomic E-state index is 0.479. The van der Waals surface area contributed by atoms with Gasteiger partial charge in [0, 0.05) is 50.5 Å². The second-order valence-corrected chi connectivity index (χ2v) is 7.67. The van der Waals surface area contributed by atoms with Gasteiger partial charge in [0.25, 0.3) is 0 Å². The maximum atomic E-state index is 4.82. The highest BCUT2D eigenvalue weighted by atomic mass is 15.3. The maximum absolute atomic E-state index is 4.82. The summed E-state index contributed by atoms with van der Waals surface area (Å²) in [5, 5.41) is 0. The molecule has 4 nitrogen and oxygen atoms in total. The topological polar surface area (TPSA) is 22.6 Å². The van der Waals surface area contributed by atoms with Crippen molar-refractivity contribution in [3.63, 3.8) is 0 Å². The summed E-state index contributed by atoms with van der Waals surface area (Å²) in [4.78, 5) is 12.4. The standard InChI is InChI=1S/C22H30N4/c1-24-14-16-25(17-15-24)22-20(10-7-12-23-22)21-11-5-6-13-26(21)18-19-8-3-2-4-9-19/h2-4,7-10,12,21H,5-6,11,13-18H2,1H3/t21-/m0/s1. The summed E-state index contributed by atoms with van der Waals surface area (Å²) >= 11 is 0. The zero-order chi connectivity index (χ0) is 17.8. The summed E-state index contributed by atoms with van der Waals surface area (Å²) in [6.07, 6.45) is 5.81. The van der Waals surface area contributed by atoms with Crippen molar-refractivity contribution < 1.29 is 0 Å². The molecule has 0 N–H and O–H groups in total. The highest BCUT2D eigenvalue weighted by Crippen LogP contribution is 2.36. The first-order valence-electron chi connectivity index (χ1n) is 9.97. The van der Waals surface area contributed by atoms with Crippen LogP contribution in [0.4, 0.5) is 5.82 Å². The van der Waals surface area contributed by atoms with Crippen LogP contribution in [-0.4, -0.2) is 54.6 Å². The van der Waals surface area contributed by atoms with E-state index in [0.717, 1.165) is 32.7 Å². The van der Waals surface area contributed by atoms with E-state index in [9.17, 15) is 0 Å². The lowest BCUT2D eigenvalue weighted by Crippen LogP contribution is -2.45. The van der Waals surface area contributed by atoms with E-state index in [0.29, 0.717) is 6.04 Å². The van der Waals surface area contributed by atoms with E-state index in [1.807, 2.05) is 6.20 Å². The molecule has 2 aliphatic rings. The fraction of sp³-hybridized carbons (Fsp3) is 0.500. The van der Waals surface area contributed by atoms with Crippen LogP contribution < -0.4 is 4.90 Å². The molecule has 0 spiro atoms. The van der Waals surface area contributed by atoms with Gasteiger partial charge >= 0.3 is 0 Å². The summed E-state index contributed by atoms with van der Waals surface area (Å²) in [5.41, 5.74) is 2.83. The molecule has 0 radical (unpaired) electrons. The number of rotatable bonds is 4. The number of likely N-dealkylation sites (N-methyl/N-ethyl adjacent to an activating group) is 1. The van der Waals surface area contributed by atoms with Crippen molar-refractivity contribution in [2.24, 2.45) is 0 Å². The van der Waals surface area contributed by atoms with Gasteiger partial charge in [-0.3, -0.25) is 4.90 Å². The van der Waals surface area contributed by atoms with Crippen molar-refractivity contribution in [1.82, 2.24) is 14.8 Å². The molecule has 1 aromatic carbocycles. The van der Waals surface area contributed by atoms with E-state index in [1.165, 1.54) is 42.8 Å². The molecule has 3 heterocycles. The van der Waals surface area contributed by atoms with E-state index < -0.39 is 0 Å². The van der Waals surface area contributed by atoms with Gasteiger partial charge in [-0.05, 0) is 38.1 Å². The lowest BCUT2D eigenvalue weighted by molar-refractivity contribution is 0.140. The number of hydrogen-bond donors (Lipinski definition) is 0. The van der Waals surface area contributed by atoms with E-state index >= 15 is 0 Å². The first-order valence-corrected chi connectivity index (χ1v) is 9.97. The van der Waals surface area contributed by atoms with Crippen molar-refractivity contribution in [3.8, 4) is 0 Å². The van der Waals surface area contributed by atoms with E-state index in [-0.39, 0.29) is 0 Å². The van der Waals surface area contributed by atoms with Gasteiger partial charge in [0.05, 0.1) is 0 Å². The average Bonchev–Trinajstić information content (AvgIpc) is 2.70. The number of anilines is 1. The van der Waals surface area contributed by atoms with Gasteiger partial charge in [-0.15, -0.1) is 0 Å². The summed E-state index contributed by atoms with van der Waals surface area (Å²) in [6.45, 7) is 6.60. The number of hydrogen-bond acceptors (Lipinski definition) is 4. The third kappa shape index (κ3) is 3.92. The monoisotopic (exact) mass is 350 g/mol. The fourth-order valence-corrected chi connectivity index (χ4v) is 4.30. The quantitative estimate of drug-likeness (QED) is 0.841. The van der Waals surface area contributed by atoms with E-state index in [1.54, 1.807) is 0 Å². The minimum absolute atomic E-state index is 0.479. The van der Waals surface area contributed by atoms with E-state index in [4.69, 9.17) is 4.98 Å². The molecule has 4 heteroatoms. The average molecular weight is 351 g/mol. The zero-order valence-electron chi connectivity index (χ0n) is 15.8. The number of nitrogens with zero attached hydrogens (tertiary/aromatic N) is 4. The van der Waals surface area contributed by atoms with Crippen LogP contribution in [0.1, 0.15) is 36.4 Å². The van der Waals surface area contributed by atoms with Crippen LogP contribution in [0.15, 0.2) is 48.7 Å². The van der Waals surface area contributed by atoms with Crippen molar-refractivity contribution in [3.05, 3.63) is 59.8 Å². The third-order valence-electron chi connectivity index (χ3n) is 5.82. The lowest BCUT2D eigenvalue weighted by Gasteiger charge is -2.39. The SMILES string of the molecule is CN1CCN(c2ncccc2[C@@H]2CCCCN2Cc2ccccc2)CC1. The van der Waals surface area contributed by atoms with Gasteiger partial charge in [-0.1, -0.05) is 42.8 Å². The van der Waals surface area contributed by atoms with Gasteiger partial charge in [-0.25, -0.2) is 4.98 Å². The van der Waals surface area contributed by atoms with Crippen LogP contribution in [0, 0.1) is 0 Å². The molecular weight excluding hydrogens is 320 g/mol. The number of aromatic nitrogens is 1. The molecule has 0 amide bonds. The maximum Gasteiger partial charge on any atom is 0.133 e. The first kappa shape index (κ1) is 17.5. The Balaban J connectivity index is 1.58. The third-order valence-corrected chi connectivity index (χ3v) is 5.82. The van der Waals surface area contributed by atoms with Crippen LogP contribution in [0.3, 0.4) is 0 Å². The number of piperazine rings is 1. The highest BCUT2D eigenvalue weighted by Gasteiger charge is 2.28. The van der Waals surface area contributed by atoms with Gasteiger partial charge in [0.2, 0.25) is 0 Å². The Kier molecular flexibility index (Phi) is 5.51. The van der Waals surface area contributed by atoms with Crippen LogP contribution in [0.2, 0.25) is 0 Å². The summed E-state index contributed by atoms with van der Waals surface area (Å²) in [6, 6.07) is 15.8. The Bertz CT molecular complexity index is 694. The lowest BCUT2D eigenvalue weighted by atomic mass is 9.94. The predicted molar refractivity (Wildman–Crippen MR) is 107 cm³/mol. The number of pyridine rings is 1. The second kappa shape index (κ2) is 8.19.